The molecule has 0 aromatic heterocycles. The molecular weight excluding hydrogens is 226 g/mol. The molecule has 3 nitrogen and oxygen atoms in total. The zero-order chi connectivity index (χ0) is 12.1. The number of rotatable bonds is 4. The second kappa shape index (κ2) is 5.66. The van der Waals surface area contributed by atoms with Crippen LogP contribution >= 0.6 is 11.6 Å². The van der Waals surface area contributed by atoms with Gasteiger partial charge in [0.05, 0.1) is 5.56 Å². The van der Waals surface area contributed by atoms with E-state index in [1.165, 1.54) is 0 Å². The highest BCUT2D eigenvalue weighted by Crippen LogP contribution is 2.14. The summed E-state index contributed by atoms with van der Waals surface area (Å²) in [6, 6.07) is 6.59. The van der Waals surface area contributed by atoms with Crippen LogP contribution in [0.5, 0.6) is 0 Å². The zero-order valence-electron chi connectivity index (χ0n) is 9.37. The molecule has 0 bridgehead atoms. The highest BCUT2D eigenvalue weighted by atomic mass is 35.5. The average molecular weight is 240 g/mol. The number of amides is 1. The molecule has 0 aliphatic heterocycles. The molecule has 86 valence electrons. The molecule has 1 aromatic rings. The fourth-order valence-electron chi connectivity index (χ4n) is 1.52. The van der Waals surface area contributed by atoms with Crippen molar-refractivity contribution in [2.75, 3.05) is 13.1 Å². The van der Waals surface area contributed by atoms with Gasteiger partial charge in [0.25, 0.3) is 11.1 Å². The van der Waals surface area contributed by atoms with E-state index in [0.717, 1.165) is 0 Å². The summed E-state index contributed by atoms with van der Waals surface area (Å²) in [5, 5.41) is -0.601. The highest BCUT2D eigenvalue weighted by molar-refractivity contribution is 6.68. The van der Waals surface area contributed by atoms with E-state index in [2.05, 4.69) is 0 Å². The summed E-state index contributed by atoms with van der Waals surface area (Å²) in [5.74, 6) is -0.158. The molecule has 4 heteroatoms. The van der Waals surface area contributed by atoms with Crippen LogP contribution in [0, 0.1) is 0 Å². The fourth-order valence-corrected chi connectivity index (χ4v) is 1.69. The molecule has 0 atom stereocenters. The maximum Gasteiger partial charge on any atom is 0.254 e. The Labute approximate surface area is 100 Å². The lowest BCUT2D eigenvalue weighted by molar-refractivity contribution is 0.0769. The summed E-state index contributed by atoms with van der Waals surface area (Å²) in [7, 11) is 0. The smallest absolute Gasteiger partial charge is 0.254 e. The summed E-state index contributed by atoms with van der Waals surface area (Å²) in [5.41, 5.74) is 0.632. The third kappa shape index (κ3) is 2.61. The SMILES string of the molecule is CCN(CC)C(=O)c1ccccc1C(=O)Cl. The molecular formula is C12H14ClNO2. The predicted octanol–water partition coefficient (Wildman–Crippen LogP) is 2.55. The van der Waals surface area contributed by atoms with Gasteiger partial charge in [-0.15, -0.1) is 0 Å². The molecule has 16 heavy (non-hydrogen) atoms. The van der Waals surface area contributed by atoms with Gasteiger partial charge in [0.2, 0.25) is 0 Å². The molecule has 0 aliphatic rings. The van der Waals surface area contributed by atoms with Crippen LogP contribution in [0.3, 0.4) is 0 Å². The summed E-state index contributed by atoms with van der Waals surface area (Å²) >= 11 is 5.43. The summed E-state index contributed by atoms with van der Waals surface area (Å²) in [6.07, 6.45) is 0. The van der Waals surface area contributed by atoms with Gasteiger partial charge in [0.1, 0.15) is 0 Å². The van der Waals surface area contributed by atoms with Crippen molar-refractivity contribution in [3.8, 4) is 0 Å². The van der Waals surface area contributed by atoms with Crippen molar-refractivity contribution >= 4 is 22.8 Å². The fraction of sp³-hybridized carbons (Fsp3) is 0.333. The molecule has 0 unspecified atom stereocenters. The maximum absolute atomic E-state index is 12.0. The molecule has 0 spiro atoms. The van der Waals surface area contributed by atoms with Crippen LogP contribution in [0.25, 0.3) is 0 Å². The molecule has 0 saturated heterocycles. The first-order valence-electron chi connectivity index (χ1n) is 5.19. The number of carbonyl (C=O) groups is 2. The number of hydrogen-bond donors (Lipinski definition) is 0. The van der Waals surface area contributed by atoms with Crippen LogP contribution in [0.15, 0.2) is 24.3 Å². The molecule has 1 rings (SSSR count). The van der Waals surface area contributed by atoms with E-state index >= 15 is 0 Å². The first-order chi connectivity index (χ1) is 7.61. The van der Waals surface area contributed by atoms with Crippen molar-refractivity contribution in [3.05, 3.63) is 35.4 Å². The van der Waals surface area contributed by atoms with Crippen LogP contribution in [-0.4, -0.2) is 29.1 Å². The minimum absolute atomic E-state index is 0.158. The van der Waals surface area contributed by atoms with E-state index < -0.39 is 5.24 Å². The molecule has 0 fully saturated rings. The van der Waals surface area contributed by atoms with Crippen LogP contribution in [-0.2, 0) is 0 Å². The van der Waals surface area contributed by atoms with Crippen molar-refractivity contribution in [2.45, 2.75) is 13.8 Å². The average Bonchev–Trinajstić information content (AvgIpc) is 2.30. The molecule has 1 amide bonds. The minimum Gasteiger partial charge on any atom is -0.339 e. The summed E-state index contributed by atoms with van der Waals surface area (Å²) in [6.45, 7) is 5.01. The predicted molar refractivity (Wildman–Crippen MR) is 63.9 cm³/mol. The van der Waals surface area contributed by atoms with Gasteiger partial charge in [-0.25, -0.2) is 0 Å². The Hall–Kier alpha value is -1.35. The van der Waals surface area contributed by atoms with Gasteiger partial charge in [-0.05, 0) is 37.6 Å². The largest absolute Gasteiger partial charge is 0.339 e. The normalized spacial score (nSPS) is 9.94. The number of hydrogen-bond acceptors (Lipinski definition) is 2. The monoisotopic (exact) mass is 239 g/mol. The number of nitrogens with zero attached hydrogens (tertiary/aromatic N) is 1. The van der Waals surface area contributed by atoms with E-state index in [9.17, 15) is 9.59 Å². The first-order valence-corrected chi connectivity index (χ1v) is 5.57. The van der Waals surface area contributed by atoms with Crippen molar-refractivity contribution < 1.29 is 9.59 Å². The topological polar surface area (TPSA) is 37.4 Å². The van der Waals surface area contributed by atoms with Crippen molar-refractivity contribution in [2.24, 2.45) is 0 Å². The Balaban J connectivity index is 3.12. The van der Waals surface area contributed by atoms with Gasteiger partial charge in [-0.3, -0.25) is 9.59 Å². The summed E-state index contributed by atoms with van der Waals surface area (Å²) < 4.78 is 0. The number of carbonyl (C=O) groups excluding carboxylic acids is 2. The highest BCUT2D eigenvalue weighted by Gasteiger charge is 2.18. The van der Waals surface area contributed by atoms with Crippen molar-refractivity contribution in [3.63, 3.8) is 0 Å². The Morgan fingerprint density at radius 1 is 1.12 bits per heavy atom. The van der Waals surface area contributed by atoms with E-state index in [-0.39, 0.29) is 11.5 Å². The first kappa shape index (κ1) is 12.7. The Bertz CT molecular complexity index is 400. The second-order valence-corrected chi connectivity index (χ2v) is 3.64. The second-order valence-electron chi connectivity index (χ2n) is 3.30. The summed E-state index contributed by atoms with van der Waals surface area (Å²) in [4.78, 5) is 24.9. The molecule has 0 aliphatic carbocycles. The van der Waals surface area contributed by atoms with Gasteiger partial charge < -0.3 is 4.90 Å². The molecule has 0 radical (unpaired) electrons. The Kier molecular flexibility index (Phi) is 4.50. The van der Waals surface area contributed by atoms with Crippen molar-refractivity contribution in [1.82, 2.24) is 4.90 Å². The van der Waals surface area contributed by atoms with Crippen LogP contribution in [0.4, 0.5) is 0 Å². The number of benzene rings is 1. The molecule has 0 heterocycles. The lowest BCUT2D eigenvalue weighted by atomic mass is 10.1. The number of halogens is 1. The molecule has 0 N–H and O–H groups in total. The van der Waals surface area contributed by atoms with Gasteiger partial charge in [-0.2, -0.15) is 0 Å². The van der Waals surface area contributed by atoms with Gasteiger partial charge >= 0.3 is 0 Å². The van der Waals surface area contributed by atoms with Crippen molar-refractivity contribution in [1.29, 1.82) is 0 Å². The van der Waals surface area contributed by atoms with Crippen LogP contribution < -0.4 is 0 Å². The standard InChI is InChI=1S/C12H14ClNO2/c1-3-14(4-2)12(16)10-8-6-5-7-9(10)11(13)15/h5-8H,3-4H2,1-2H3. The van der Waals surface area contributed by atoms with E-state index in [0.29, 0.717) is 18.7 Å². The third-order valence-corrected chi connectivity index (χ3v) is 2.62. The third-order valence-electron chi connectivity index (χ3n) is 2.42. The Morgan fingerprint density at radius 3 is 2.06 bits per heavy atom. The van der Waals surface area contributed by atoms with Gasteiger partial charge in [0.15, 0.2) is 0 Å². The maximum atomic E-state index is 12.0. The molecule has 0 saturated carbocycles. The lowest BCUT2D eigenvalue weighted by Crippen LogP contribution is -2.31. The van der Waals surface area contributed by atoms with Crippen LogP contribution in [0.1, 0.15) is 34.6 Å². The molecule has 1 aromatic carbocycles. The van der Waals surface area contributed by atoms with E-state index in [4.69, 9.17) is 11.6 Å². The van der Waals surface area contributed by atoms with Gasteiger partial charge in [0, 0.05) is 18.7 Å². The van der Waals surface area contributed by atoms with E-state index in [1.54, 1.807) is 29.2 Å². The van der Waals surface area contributed by atoms with Crippen LogP contribution in [0.2, 0.25) is 0 Å². The minimum atomic E-state index is -0.601. The lowest BCUT2D eigenvalue weighted by Gasteiger charge is -2.19. The Morgan fingerprint density at radius 2 is 1.62 bits per heavy atom. The van der Waals surface area contributed by atoms with E-state index in [1.807, 2.05) is 13.8 Å². The van der Waals surface area contributed by atoms with Gasteiger partial charge in [-0.1, -0.05) is 12.1 Å². The zero-order valence-corrected chi connectivity index (χ0v) is 10.1. The quantitative estimate of drug-likeness (QED) is 0.758.